The van der Waals surface area contributed by atoms with Crippen molar-refractivity contribution in [2.45, 2.75) is 4.90 Å². The number of aromatic amines is 1. The van der Waals surface area contributed by atoms with Gasteiger partial charge in [0.25, 0.3) is 10.1 Å². The Balaban J connectivity index is 0.000000159. The van der Waals surface area contributed by atoms with Gasteiger partial charge in [0.05, 0.1) is 10.5 Å². The molecule has 4 aromatic rings. The fourth-order valence-electron chi connectivity index (χ4n) is 2.59. The molecule has 0 atom stereocenters. The zero-order valence-electron chi connectivity index (χ0n) is 13.8. The van der Waals surface area contributed by atoms with E-state index in [4.69, 9.17) is 9.66 Å². The first-order valence-electron chi connectivity index (χ1n) is 7.75. The Labute approximate surface area is 154 Å². The van der Waals surface area contributed by atoms with E-state index in [2.05, 4.69) is 4.98 Å². The Morgan fingerprint density at radius 1 is 0.926 bits per heavy atom. The summed E-state index contributed by atoms with van der Waals surface area (Å²) in [6.07, 6.45) is 1.79. The van der Waals surface area contributed by atoms with Gasteiger partial charge in [-0.15, -0.1) is 0 Å². The molecule has 0 aliphatic heterocycles. The SMILES string of the molecule is O=C(O)c1ccc2[nH]ccc2c1.O=S(=O)(O)c1ccc2c(O)cccc2c1. The highest BCUT2D eigenvalue weighted by molar-refractivity contribution is 7.85. The lowest BCUT2D eigenvalue weighted by molar-refractivity contribution is 0.0697. The second kappa shape index (κ2) is 7.10. The van der Waals surface area contributed by atoms with Crippen LogP contribution in [0, 0.1) is 0 Å². The van der Waals surface area contributed by atoms with Crippen LogP contribution >= 0.6 is 0 Å². The molecule has 0 fully saturated rings. The number of benzene rings is 3. The molecule has 0 spiro atoms. The minimum atomic E-state index is -4.19. The number of carboxylic acids is 1. The van der Waals surface area contributed by atoms with Gasteiger partial charge in [0.1, 0.15) is 5.75 Å². The van der Waals surface area contributed by atoms with Crippen LogP contribution in [-0.2, 0) is 10.1 Å². The average molecular weight is 385 g/mol. The van der Waals surface area contributed by atoms with Gasteiger partial charge in [0, 0.05) is 22.5 Å². The number of hydrogen-bond donors (Lipinski definition) is 4. The highest BCUT2D eigenvalue weighted by atomic mass is 32.2. The zero-order valence-corrected chi connectivity index (χ0v) is 14.6. The lowest BCUT2D eigenvalue weighted by Gasteiger charge is -2.02. The molecule has 8 heteroatoms. The topological polar surface area (TPSA) is 128 Å². The summed E-state index contributed by atoms with van der Waals surface area (Å²) in [7, 11) is -4.19. The minimum Gasteiger partial charge on any atom is -0.507 e. The van der Waals surface area contributed by atoms with Crippen molar-refractivity contribution in [3.05, 3.63) is 72.4 Å². The summed E-state index contributed by atoms with van der Waals surface area (Å²) in [5.74, 6) is -0.813. The molecule has 0 amide bonds. The van der Waals surface area contributed by atoms with Crippen LogP contribution in [0.5, 0.6) is 5.75 Å². The van der Waals surface area contributed by atoms with Gasteiger partial charge < -0.3 is 15.2 Å². The van der Waals surface area contributed by atoms with Gasteiger partial charge in [-0.05, 0) is 53.9 Å². The zero-order chi connectivity index (χ0) is 19.6. The molecule has 0 aliphatic rings. The predicted octanol–water partition coefficient (Wildman–Crippen LogP) is 3.66. The number of carbonyl (C=O) groups is 1. The average Bonchev–Trinajstić information content (AvgIpc) is 3.09. The first-order valence-corrected chi connectivity index (χ1v) is 9.19. The molecule has 0 bridgehead atoms. The van der Waals surface area contributed by atoms with Gasteiger partial charge in [0.2, 0.25) is 0 Å². The summed E-state index contributed by atoms with van der Waals surface area (Å²) < 4.78 is 30.5. The molecular formula is C19H15NO6S. The maximum atomic E-state index is 10.9. The second-order valence-corrected chi connectivity index (χ2v) is 7.14. The van der Waals surface area contributed by atoms with E-state index in [1.807, 2.05) is 6.07 Å². The van der Waals surface area contributed by atoms with E-state index in [0.717, 1.165) is 10.9 Å². The van der Waals surface area contributed by atoms with Crippen molar-refractivity contribution in [3.8, 4) is 5.75 Å². The molecule has 7 nitrogen and oxygen atoms in total. The smallest absolute Gasteiger partial charge is 0.335 e. The third-order valence-corrected chi connectivity index (χ3v) is 4.78. The molecule has 1 heterocycles. The lowest BCUT2D eigenvalue weighted by Crippen LogP contribution is -1.97. The Hall–Kier alpha value is -3.36. The van der Waals surface area contributed by atoms with E-state index >= 15 is 0 Å². The second-order valence-electron chi connectivity index (χ2n) is 5.72. The molecule has 0 radical (unpaired) electrons. The number of phenolic OH excluding ortho intramolecular Hbond substituents is 1. The van der Waals surface area contributed by atoms with Crippen molar-refractivity contribution < 1.29 is 28.0 Å². The quantitative estimate of drug-likeness (QED) is 0.390. The number of phenols is 1. The summed E-state index contributed by atoms with van der Waals surface area (Å²) in [5, 5.41) is 20.2. The maximum absolute atomic E-state index is 10.9. The number of aromatic carboxylic acids is 1. The highest BCUT2D eigenvalue weighted by Crippen LogP contribution is 2.26. The predicted molar refractivity (Wildman–Crippen MR) is 101 cm³/mol. The summed E-state index contributed by atoms with van der Waals surface area (Å²) in [4.78, 5) is 13.4. The first-order chi connectivity index (χ1) is 12.8. The number of hydrogen-bond acceptors (Lipinski definition) is 4. The molecule has 0 saturated carbocycles. The number of carboxylic acid groups (broad SMARTS) is 1. The largest absolute Gasteiger partial charge is 0.507 e. The fraction of sp³-hybridized carbons (Fsp3) is 0. The number of aromatic nitrogens is 1. The first kappa shape index (κ1) is 18.4. The van der Waals surface area contributed by atoms with Crippen molar-refractivity contribution in [1.29, 1.82) is 0 Å². The van der Waals surface area contributed by atoms with Crippen molar-refractivity contribution in [2.24, 2.45) is 0 Å². The molecule has 1 aromatic heterocycles. The summed E-state index contributed by atoms with van der Waals surface area (Å²) in [6.45, 7) is 0. The normalized spacial score (nSPS) is 11.1. The molecule has 138 valence electrons. The molecule has 0 unspecified atom stereocenters. The van der Waals surface area contributed by atoms with Crippen LogP contribution in [-0.4, -0.2) is 34.1 Å². The maximum Gasteiger partial charge on any atom is 0.335 e. The van der Waals surface area contributed by atoms with Crippen LogP contribution in [0.1, 0.15) is 10.4 Å². The highest BCUT2D eigenvalue weighted by Gasteiger charge is 2.10. The summed E-state index contributed by atoms with van der Waals surface area (Å²) in [6, 6.07) is 15.6. The molecule has 4 rings (SSSR count). The third kappa shape index (κ3) is 4.08. The standard InChI is InChI=1S/C10H8O4S.C9H7NO2/c11-10-3-1-2-7-6-8(15(12,13)14)4-5-9(7)10;11-9(12)7-1-2-8-6(5-7)3-4-10-8/h1-6,11H,(H,12,13,14);1-5,10H,(H,11,12). The Kier molecular flexibility index (Phi) is 4.85. The van der Waals surface area contributed by atoms with E-state index in [-0.39, 0.29) is 10.6 Å². The van der Waals surface area contributed by atoms with Crippen molar-refractivity contribution >= 4 is 37.8 Å². The van der Waals surface area contributed by atoms with Crippen molar-refractivity contribution in [3.63, 3.8) is 0 Å². The molecule has 0 aliphatic carbocycles. The monoisotopic (exact) mass is 385 g/mol. The molecule has 0 saturated heterocycles. The summed E-state index contributed by atoms with van der Waals surface area (Å²) >= 11 is 0. The Morgan fingerprint density at radius 2 is 1.70 bits per heavy atom. The number of aromatic hydroxyl groups is 1. The molecular weight excluding hydrogens is 370 g/mol. The van der Waals surface area contributed by atoms with E-state index in [1.165, 1.54) is 24.3 Å². The third-order valence-electron chi connectivity index (χ3n) is 3.93. The van der Waals surface area contributed by atoms with Gasteiger partial charge in [-0.25, -0.2) is 4.79 Å². The van der Waals surface area contributed by atoms with Gasteiger partial charge >= 0.3 is 5.97 Å². The number of nitrogens with one attached hydrogen (secondary N) is 1. The lowest BCUT2D eigenvalue weighted by atomic mass is 10.1. The van der Waals surface area contributed by atoms with Crippen LogP contribution < -0.4 is 0 Å². The van der Waals surface area contributed by atoms with Crippen LogP contribution in [0.25, 0.3) is 21.7 Å². The summed E-state index contributed by atoms with van der Waals surface area (Å²) in [5.41, 5.74) is 1.28. The number of rotatable bonds is 2. The minimum absolute atomic E-state index is 0.0781. The van der Waals surface area contributed by atoms with E-state index in [9.17, 15) is 18.3 Å². The van der Waals surface area contributed by atoms with E-state index < -0.39 is 16.1 Å². The van der Waals surface area contributed by atoms with Gasteiger partial charge in [0.15, 0.2) is 0 Å². The van der Waals surface area contributed by atoms with Crippen LogP contribution in [0.15, 0.2) is 71.8 Å². The van der Waals surface area contributed by atoms with Crippen LogP contribution in [0.3, 0.4) is 0 Å². The van der Waals surface area contributed by atoms with Crippen molar-refractivity contribution in [2.75, 3.05) is 0 Å². The molecule has 27 heavy (non-hydrogen) atoms. The van der Waals surface area contributed by atoms with E-state index in [1.54, 1.807) is 36.5 Å². The van der Waals surface area contributed by atoms with Crippen molar-refractivity contribution in [1.82, 2.24) is 4.98 Å². The van der Waals surface area contributed by atoms with Gasteiger partial charge in [-0.3, -0.25) is 4.55 Å². The number of H-pyrrole nitrogens is 1. The molecule has 4 N–H and O–H groups in total. The van der Waals surface area contributed by atoms with Gasteiger partial charge in [-0.1, -0.05) is 12.1 Å². The molecule has 3 aromatic carbocycles. The number of fused-ring (bicyclic) bond motifs is 2. The van der Waals surface area contributed by atoms with Gasteiger partial charge in [-0.2, -0.15) is 8.42 Å². The Morgan fingerprint density at radius 3 is 2.41 bits per heavy atom. The Bertz CT molecular complexity index is 1240. The van der Waals surface area contributed by atoms with Crippen LogP contribution in [0.2, 0.25) is 0 Å². The fourth-order valence-corrected chi connectivity index (χ4v) is 3.11. The van der Waals surface area contributed by atoms with E-state index in [0.29, 0.717) is 16.3 Å². The van der Waals surface area contributed by atoms with Crippen LogP contribution in [0.4, 0.5) is 0 Å².